The maximum absolute atomic E-state index is 6.87. The number of hydrogen-bond acceptors (Lipinski definition) is 3. The zero-order valence-electron chi connectivity index (χ0n) is 37.4. The maximum atomic E-state index is 6.87. The van der Waals surface area contributed by atoms with Crippen LogP contribution in [0.4, 0.5) is 17.1 Å². The molecule has 0 saturated heterocycles. The summed E-state index contributed by atoms with van der Waals surface area (Å²) in [7, 11) is 0. The van der Waals surface area contributed by atoms with E-state index < -0.39 is 0 Å². The monoisotopic (exact) mass is 879 g/mol. The van der Waals surface area contributed by atoms with E-state index in [1.54, 1.807) is 0 Å². The summed E-state index contributed by atoms with van der Waals surface area (Å²) in [5.41, 5.74) is 15.6. The molecular formula is C66H41NO2. The second-order valence-corrected chi connectivity index (χ2v) is 17.9. The molecule has 69 heavy (non-hydrogen) atoms. The SMILES string of the molecule is c1ccc(-c2cccc3cccc(-c4ccc(N(c5ccc6c(c5)oc5ccccc56)c5ccc(-c6cccc7ccccc67)c6ccccc56)cc4-c4cccc5c4oc4ccccc45)c23)cc1. The van der Waals surface area contributed by atoms with Gasteiger partial charge in [-0.2, -0.15) is 0 Å². The standard InChI is InChI=1S/C66H41NO2/c1-2-16-43(17-3-1)48-27-13-20-44-21-14-29-57(65(44)48)52-36-34-45(40-60(52)59-31-15-30-58-55-26-9-11-33-63(55)69-66(58)59)67(46-35-37-56-54-25-8-10-32-62(54)68-64(56)41-46)61-39-38-51(50-23-6-7-24-53(50)61)49-28-12-19-42-18-4-5-22-47(42)49/h1-41H. The predicted molar refractivity (Wildman–Crippen MR) is 290 cm³/mol. The molecule has 3 nitrogen and oxygen atoms in total. The minimum absolute atomic E-state index is 0.837. The Labute approximate surface area is 398 Å². The predicted octanol–water partition coefficient (Wildman–Crippen LogP) is 19.1. The van der Waals surface area contributed by atoms with Gasteiger partial charge >= 0.3 is 0 Å². The van der Waals surface area contributed by atoms with Crippen LogP contribution in [-0.2, 0) is 0 Å². The van der Waals surface area contributed by atoms with Crippen molar-refractivity contribution in [3.63, 3.8) is 0 Å². The fourth-order valence-electron chi connectivity index (χ4n) is 11.0. The second kappa shape index (κ2) is 15.7. The van der Waals surface area contributed by atoms with Crippen LogP contribution in [0.2, 0.25) is 0 Å². The molecule has 2 heterocycles. The number of anilines is 3. The van der Waals surface area contributed by atoms with Gasteiger partial charge in [0.2, 0.25) is 0 Å². The molecule has 0 aliphatic carbocycles. The minimum Gasteiger partial charge on any atom is -0.456 e. The lowest BCUT2D eigenvalue weighted by atomic mass is 9.87. The minimum atomic E-state index is 0.837. The van der Waals surface area contributed by atoms with Gasteiger partial charge in [-0.3, -0.25) is 0 Å². The molecule has 0 bridgehead atoms. The summed E-state index contributed by atoms with van der Waals surface area (Å²) < 4.78 is 13.5. The molecular weight excluding hydrogens is 839 g/mol. The molecule has 3 heteroatoms. The molecule has 0 amide bonds. The fourth-order valence-corrected chi connectivity index (χ4v) is 11.0. The molecule has 322 valence electrons. The topological polar surface area (TPSA) is 29.5 Å². The number of para-hydroxylation sites is 3. The van der Waals surface area contributed by atoms with Crippen LogP contribution in [0, 0.1) is 0 Å². The van der Waals surface area contributed by atoms with Crippen LogP contribution < -0.4 is 4.90 Å². The van der Waals surface area contributed by atoms with Gasteiger partial charge in [-0.1, -0.05) is 200 Å². The summed E-state index contributed by atoms with van der Waals surface area (Å²) in [5, 5.41) is 11.5. The average molecular weight is 880 g/mol. The Morgan fingerprint density at radius 1 is 0.261 bits per heavy atom. The number of rotatable bonds is 7. The molecule has 0 saturated carbocycles. The molecule has 0 radical (unpaired) electrons. The fraction of sp³-hybridized carbons (Fsp3) is 0. The normalized spacial score (nSPS) is 11.8. The second-order valence-electron chi connectivity index (χ2n) is 17.9. The highest BCUT2D eigenvalue weighted by Gasteiger charge is 2.24. The summed E-state index contributed by atoms with van der Waals surface area (Å²) in [6.45, 7) is 0. The molecule has 0 spiro atoms. The van der Waals surface area contributed by atoms with Gasteiger partial charge in [0.05, 0.1) is 5.69 Å². The summed E-state index contributed by atoms with van der Waals surface area (Å²) >= 11 is 0. The van der Waals surface area contributed by atoms with Gasteiger partial charge in [0.1, 0.15) is 22.3 Å². The molecule has 14 rings (SSSR count). The first-order chi connectivity index (χ1) is 34.2. The molecule has 0 fully saturated rings. The van der Waals surface area contributed by atoms with Crippen LogP contribution >= 0.6 is 0 Å². The quantitative estimate of drug-likeness (QED) is 0.160. The van der Waals surface area contributed by atoms with Gasteiger partial charge in [0, 0.05) is 49.9 Å². The van der Waals surface area contributed by atoms with Gasteiger partial charge in [-0.15, -0.1) is 0 Å². The smallest absolute Gasteiger partial charge is 0.143 e. The molecule has 0 unspecified atom stereocenters. The average Bonchev–Trinajstić information content (AvgIpc) is 3.99. The van der Waals surface area contributed by atoms with Crippen LogP contribution in [0.1, 0.15) is 0 Å². The lowest BCUT2D eigenvalue weighted by molar-refractivity contribution is 0.669. The number of fused-ring (bicyclic) bond motifs is 9. The number of furan rings is 2. The number of nitrogens with zero attached hydrogens (tertiary/aromatic N) is 1. The van der Waals surface area contributed by atoms with Crippen molar-refractivity contribution < 1.29 is 8.83 Å². The Morgan fingerprint density at radius 3 is 1.62 bits per heavy atom. The zero-order chi connectivity index (χ0) is 45.4. The van der Waals surface area contributed by atoms with Crippen molar-refractivity contribution in [1.82, 2.24) is 0 Å². The highest BCUT2D eigenvalue weighted by molar-refractivity contribution is 6.15. The summed E-state index contributed by atoms with van der Waals surface area (Å²) in [6.07, 6.45) is 0. The van der Waals surface area contributed by atoms with Crippen molar-refractivity contribution in [1.29, 1.82) is 0 Å². The van der Waals surface area contributed by atoms with E-state index in [1.165, 1.54) is 49.2 Å². The van der Waals surface area contributed by atoms with Crippen LogP contribution in [0.5, 0.6) is 0 Å². The van der Waals surface area contributed by atoms with Crippen molar-refractivity contribution in [2.75, 3.05) is 4.90 Å². The summed E-state index contributed by atoms with van der Waals surface area (Å²) in [5.74, 6) is 0. The Bertz CT molecular complexity index is 4320. The molecule has 0 aliphatic rings. The molecule has 12 aromatic carbocycles. The highest BCUT2D eigenvalue weighted by Crippen LogP contribution is 2.49. The number of hydrogen-bond donors (Lipinski definition) is 0. The van der Waals surface area contributed by atoms with E-state index in [4.69, 9.17) is 8.83 Å². The van der Waals surface area contributed by atoms with Crippen molar-refractivity contribution in [2.24, 2.45) is 0 Å². The van der Waals surface area contributed by atoms with E-state index in [1.807, 2.05) is 18.2 Å². The van der Waals surface area contributed by atoms with Crippen molar-refractivity contribution in [3.8, 4) is 44.5 Å². The van der Waals surface area contributed by atoms with Gasteiger partial charge in [0.25, 0.3) is 0 Å². The van der Waals surface area contributed by atoms with Crippen molar-refractivity contribution in [2.45, 2.75) is 0 Å². The first-order valence-corrected chi connectivity index (χ1v) is 23.6. The maximum Gasteiger partial charge on any atom is 0.143 e. The van der Waals surface area contributed by atoms with Gasteiger partial charge in [0.15, 0.2) is 0 Å². The molecule has 14 aromatic rings. The van der Waals surface area contributed by atoms with Crippen molar-refractivity contribution >= 4 is 93.3 Å². The van der Waals surface area contributed by atoms with E-state index >= 15 is 0 Å². The molecule has 2 aromatic heterocycles. The van der Waals surface area contributed by atoms with E-state index in [0.717, 1.165) is 88.6 Å². The first-order valence-electron chi connectivity index (χ1n) is 23.6. The van der Waals surface area contributed by atoms with Gasteiger partial charge in [-0.25, -0.2) is 0 Å². The Balaban J connectivity index is 1.06. The van der Waals surface area contributed by atoms with Crippen LogP contribution in [0.15, 0.2) is 258 Å². The van der Waals surface area contributed by atoms with Crippen LogP contribution in [-0.4, -0.2) is 0 Å². The Hall–Kier alpha value is -9.18. The van der Waals surface area contributed by atoms with Crippen molar-refractivity contribution in [3.05, 3.63) is 249 Å². The van der Waals surface area contributed by atoms with Crippen LogP contribution in [0.25, 0.3) is 121 Å². The highest BCUT2D eigenvalue weighted by atomic mass is 16.3. The Kier molecular flexibility index (Phi) is 8.90. The molecule has 0 atom stereocenters. The first kappa shape index (κ1) is 39.0. The van der Waals surface area contributed by atoms with Gasteiger partial charge in [-0.05, 0) is 108 Å². The largest absolute Gasteiger partial charge is 0.456 e. The lowest BCUT2D eigenvalue weighted by Gasteiger charge is -2.29. The summed E-state index contributed by atoms with van der Waals surface area (Å²) in [6, 6.07) is 89.6. The van der Waals surface area contributed by atoms with Crippen LogP contribution in [0.3, 0.4) is 0 Å². The van der Waals surface area contributed by atoms with Gasteiger partial charge < -0.3 is 13.7 Å². The number of benzene rings is 12. The lowest BCUT2D eigenvalue weighted by Crippen LogP contribution is -2.11. The third kappa shape index (κ3) is 6.29. The van der Waals surface area contributed by atoms with E-state index in [0.29, 0.717) is 0 Å². The molecule has 0 N–H and O–H groups in total. The zero-order valence-corrected chi connectivity index (χ0v) is 37.4. The third-order valence-corrected chi connectivity index (χ3v) is 14.1. The molecule has 0 aliphatic heterocycles. The summed E-state index contributed by atoms with van der Waals surface area (Å²) in [4.78, 5) is 2.41. The Morgan fingerprint density at radius 2 is 0.797 bits per heavy atom. The van der Waals surface area contributed by atoms with E-state index in [9.17, 15) is 0 Å². The third-order valence-electron chi connectivity index (χ3n) is 14.1. The van der Waals surface area contributed by atoms with E-state index in [2.05, 4.69) is 235 Å². The van der Waals surface area contributed by atoms with E-state index in [-0.39, 0.29) is 0 Å².